The summed E-state index contributed by atoms with van der Waals surface area (Å²) in [7, 11) is 0. The van der Waals surface area contributed by atoms with Crippen LogP contribution in [0.15, 0.2) is 23.7 Å². The van der Waals surface area contributed by atoms with E-state index in [0.717, 1.165) is 0 Å². The molecule has 0 unspecified atom stereocenters. The molecule has 0 spiro atoms. The zero-order valence-electron chi connectivity index (χ0n) is 12.1. The van der Waals surface area contributed by atoms with Crippen LogP contribution in [0.2, 0.25) is 0 Å². The molecule has 0 aliphatic rings. The van der Waals surface area contributed by atoms with Crippen molar-refractivity contribution in [1.29, 1.82) is 0 Å². The summed E-state index contributed by atoms with van der Waals surface area (Å²) in [6.45, 7) is 0. The van der Waals surface area contributed by atoms with E-state index in [-0.39, 0.29) is 22.5 Å². The van der Waals surface area contributed by atoms with Crippen molar-refractivity contribution in [1.82, 2.24) is 0 Å². The van der Waals surface area contributed by atoms with Gasteiger partial charge in [0.2, 0.25) is 0 Å². The third-order valence-corrected chi connectivity index (χ3v) is 1.64. The van der Waals surface area contributed by atoms with Crippen molar-refractivity contribution < 1.29 is 95.0 Å². The smallest absolute Gasteiger partial charge is 0.869 e. The molecule has 0 saturated heterocycles. The molecule has 0 atom stereocenters. The molecular weight excluding hydrogens is 492 g/mol. The predicted molar refractivity (Wildman–Crippen MR) is 54.0 cm³/mol. The van der Waals surface area contributed by atoms with E-state index in [9.17, 15) is 72.5 Å². The molecule has 28 heavy (non-hydrogen) atoms. The fraction of sp³-hybridized carbons (Fsp3) is 0.400. The number of carbonyl (C=O) groups excluding carboxylic acids is 2. The van der Waals surface area contributed by atoms with E-state index in [1.54, 1.807) is 0 Å². The van der Waals surface area contributed by atoms with Crippen molar-refractivity contribution in [2.45, 2.75) is 24.7 Å². The minimum absolute atomic E-state index is 0. The number of alkyl halides is 12. The van der Waals surface area contributed by atoms with Gasteiger partial charge in [0.25, 0.3) is 11.6 Å². The molecule has 0 aromatic carbocycles. The number of rotatable bonds is 2. The van der Waals surface area contributed by atoms with Gasteiger partial charge in [-0.15, -0.1) is 0 Å². The third-order valence-electron chi connectivity index (χ3n) is 1.64. The maximum Gasteiger partial charge on any atom is 2.00 e. The molecule has 0 aliphatic carbocycles. The van der Waals surface area contributed by atoms with Crippen molar-refractivity contribution in [2.75, 3.05) is 0 Å². The van der Waals surface area contributed by atoms with Crippen molar-refractivity contribution in [3.63, 3.8) is 0 Å². The van der Waals surface area contributed by atoms with Crippen LogP contribution in [-0.2, 0) is 26.7 Å². The van der Waals surface area contributed by atoms with Crippen molar-refractivity contribution in [3.8, 4) is 0 Å². The zero-order valence-corrected chi connectivity index (χ0v) is 13.1. The molecule has 0 bridgehead atoms. The summed E-state index contributed by atoms with van der Waals surface area (Å²) in [4.78, 5) is 19.6. The molecular formula is C10H4CuF12O5. The SMILES string of the molecule is O.O=C(C=C([O-])C(F)(F)F)C(F)(F)F.O=C(C=C([O-])C(F)(F)F)C(F)(F)F.[Cu+2]. The van der Waals surface area contributed by atoms with Gasteiger partial charge in [0.15, 0.2) is 0 Å². The molecule has 0 heterocycles. The second kappa shape index (κ2) is 11.2. The Hall–Kier alpha value is -1.94. The summed E-state index contributed by atoms with van der Waals surface area (Å²) in [5.74, 6) is -11.3. The van der Waals surface area contributed by atoms with Gasteiger partial charge < -0.3 is 15.7 Å². The maximum absolute atomic E-state index is 11.3. The Kier molecular flexibility index (Phi) is 13.4. The second-order valence-corrected chi connectivity index (χ2v) is 3.74. The van der Waals surface area contributed by atoms with Crippen molar-refractivity contribution in [2.24, 2.45) is 0 Å². The molecule has 5 nitrogen and oxygen atoms in total. The standard InChI is InChI=1S/2C5H2F6O2.Cu.H2O/c2*6-4(7,8)2(12)1-3(13)5(9,10)11;;/h2*1,12H;;1H2/q;;+2;/p-2. The Morgan fingerprint density at radius 3 is 0.821 bits per heavy atom. The van der Waals surface area contributed by atoms with E-state index < -0.39 is 59.9 Å². The Morgan fingerprint density at radius 1 is 0.536 bits per heavy atom. The van der Waals surface area contributed by atoms with Crippen molar-refractivity contribution in [3.05, 3.63) is 23.7 Å². The average Bonchev–Trinajstić information content (AvgIpc) is 2.34. The quantitative estimate of drug-likeness (QED) is 0.246. The van der Waals surface area contributed by atoms with E-state index in [0.29, 0.717) is 0 Å². The van der Waals surface area contributed by atoms with Gasteiger partial charge in [0.1, 0.15) is 0 Å². The van der Waals surface area contributed by atoms with Gasteiger partial charge in [-0.3, -0.25) is 9.59 Å². The van der Waals surface area contributed by atoms with E-state index in [1.165, 1.54) is 0 Å². The molecule has 0 aromatic heterocycles. The molecule has 0 aliphatic heterocycles. The Morgan fingerprint density at radius 2 is 0.714 bits per heavy atom. The molecule has 0 saturated carbocycles. The van der Waals surface area contributed by atoms with E-state index >= 15 is 0 Å². The van der Waals surface area contributed by atoms with Gasteiger partial charge in [-0.1, -0.05) is 0 Å². The average molecular weight is 496 g/mol. The van der Waals surface area contributed by atoms with Crippen LogP contribution in [0.5, 0.6) is 0 Å². The summed E-state index contributed by atoms with van der Waals surface area (Å²) in [6, 6.07) is 0. The summed E-state index contributed by atoms with van der Waals surface area (Å²) in [5.41, 5.74) is 0. The van der Waals surface area contributed by atoms with E-state index in [1.807, 2.05) is 0 Å². The molecule has 1 radical (unpaired) electrons. The second-order valence-electron chi connectivity index (χ2n) is 3.74. The minimum atomic E-state index is -5.46. The number of halogens is 12. The third kappa shape index (κ3) is 14.2. The molecule has 0 fully saturated rings. The maximum atomic E-state index is 11.3. The molecule has 18 heteroatoms. The number of ketones is 2. The topological polar surface area (TPSA) is 112 Å². The van der Waals surface area contributed by atoms with E-state index in [4.69, 9.17) is 0 Å². The predicted octanol–water partition coefficient (Wildman–Crippen LogP) is 1.02. The fourth-order valence-corrected chi connectivity index (χ4v) is 0.565. The molecule has 0 aromatic rings. The first-order chi connectivity index (χ1) is 11.1. The Bertz CT molecular complexity index is 530. The van der Waals surface area contributed by atoms with Crippen molar-refractivity contribution >= 4 is 11.6 Å². The Balaban J connectivity index is -0.000000192. The summed E-state index contributed by atoms with van der Waals surface area (Å²) in [6.07, 6.45) is -23.9. The van der Waals surface area contributed by atoms with Gasteiger partial charge >= 0.3 is 41.8 Å². The van der Waals surface area contributed by atoms with Crippen LogP contribution >= 0.6 is 0 Å². The number of allylic oxidation sites excluding steroid dienone is 4. The van der Waals surface area contributed by atoms with Crippen LogP contribution in [0.3, 0.4) is 0 Å². The largest absolute Gasteiger partial charge is 2.00 e. The van der Waals surface area contributed by atoms with Crippen LogP contribution in [0.4, 0.5) is 52.7 Å². The zero-order chi connectivity index (χ0) is 21.7. The van der Waals surface area contributed by atoms with Crippen LogP contribution in [0.25, 0.3) is 0 Å². The fourth-order valence-electron chi connectivity index (χ4n) is 0.565. The summed E-state index contributed by atoms with van der Waals surface area (Å²) < 4.78 is 136. The molecule has 169 valence electrons. The molecule has 0 amide bonds. The number of hydrogen-bond donors (Lipinski definition) is 0. The monoisotopic (exact) mass is 495 g/mol. The van der Waals surface area contributed by atoms with Gasteiger partial charge in [-0.2, -0.15) is 52.7 Å². The van der Waals surface area contributed by atoms with Crippen LogP contribution in [0, 0.1) is 0 Å². The summed E-state index contributed by atoms with van der Waals surface area (Å²) in [5, 5.41) is 19.6. The molecule has 0 rings (SSSR count). The van der Waals surface area contributed by atoms with Gasteiger partial charge in [0, 0.05) is 0 Å². The summed E-state index contributed by atoms with van der Waals surface area (Å²) >= 11 is 0. The first-order valence-corrected chi connectivity index (χ1v) is 5.24. The van der Waals surface area contributed by atoms with E-state index in [2.05, 4.69) is 0 Å². The first kappa shape index (κ1) is 33.6. The van der Waals surface area contributed by atoms with Crippen LogP contribution in [0.1, 0.15) is 0 Å². The van der Waals surface area contributed by atoms with Gasteiger partial charge in [-0.05, 0) is 23.7 Å². The first-order valence-electron chi connectivity index (χ1n) is 5.24. The van der Waals surface area contributed by atoms with Crippen LogP contribution < -0.4 is 10.2 Å². The number of hydrogen-bond acceptors (Lipinski definition) is 4. The van der Waals surface area contributed by atoms with Crippen LogP contribution in [-0.4, -0.2) is 41.7 Å². The van der Waals surface area contributed by atoms with Gasteiger partial charge in [0.05, 0.1) is 0 Å². The Labute approximate surface area is 156 Å². The molecule has 2 N–H and O–H groups in total. The number of carbonyl (C=O) groups is 2. The minimum Gasteiger partial charge on any atom is -0.869 e. The van der Waals surface area contributed by atoms with Gasteiger partial charge in [-0.25, -0.2) is 0 Å². The normalized spacial score (nSPS) is 13.4.